The summed E-state index contributed by atoms with van der Waals surface area (Å²) in [5.74, 6) is 1.20. The molecule has 2 heterocycles. The maximum atomic E-state index is 12.4. The Hall–Kier alpha value is -2.11. The number of furan rings is 1. The molecule has 0 saturated carbocycles. The van der Waals surface area contributed by atoms with Crippen LogP contribution in [-0.4, -0.2) is 38.3 Å². The van der Waals surface area contributed by atoms with E-state index in [0.29, 0.717) is 24.5 Å². The first kappa shape index (κ1) is 14.8. The molecule has 0 spiro atoms. The second-order valence-electron chi connectivity index (χ2n) is 5.37. The third kappa shape index (κ3) is 3.37. The molecule has 1 aromatic heterocycles. The van der Waals surface area contributed by atoms with Crippen molar-refractivity contribution in [2.45, 2.75) is 13.0 Å². The number of morpholine rings is 1. The van der Waals surface area contributed by atoms with Gasteiger partial charge in [0.2, 0.25) is 0 Å². The summed E-state index contributed by atoms with van der Waals surface area (Å²) in [6.07, 6.45) is 0.0193. The van der Waals surface area contributed by atoms with Gasteiger partial charge in [0.15, 0.2) is 0 Å². The van der Waals surface area contributed by atoms with Crippen LogP contribution < -0.4 is 10.6 Å². The highest BCUT2D eigenvalue weighted by Crippen LogP contribution is 2.26. The van der Waals surface area contributed by atoms with E-state index in [2.05, 4.69) is 10.6 Å². The number of aryl methyl sites for hydroxylation is 1. The number of nitrogens with one attached hydrogen (secondary N) is 2. The van der Waals surface area contributed by atoms with E-state index in [1.54, 1.807) is 6.07 Å². The van der Waals surface area contributed by atoms with Crippen LogP contribution in [0.5, 0.6) is 0 Å². The molecule has 1 aliphatic heterocycles. The van der Waals surface area contributed by atoms with Crippen LogP contribution in [0.1, 0.15) is 16.1 Å². The second-order valence-corrected chi connectivity index (χ2v) is 5.37. The molecule has 2 N–H and O–H groups in total. The first-order valence-electron chi connectivity index (χ1n) is 7.50. The van der Waals surface area contributed by atoms with E-state index in [-0.39, 0.29) is 12.0 Å². The van der Waals surface area contributed by atoms with Crippen LogP contribution in [0.15, 0.2) is 40.8 Å². The van der Waals surface area contributed by atoms with Crippen molar-refractivity contribution < 1.29 is 13.9 Å². The Morgan fingerprint density at radius 2 is 2.18 bits per heavy atom. The fourth-order valence-corrected chi connectivity index (χ4v) is 2.54. The van der Waals surface area contributed by atoms with Crippen molar-refractivity contribution in [1.82, 2.24) is 10.6 Å². The zero-order valence-electron chi connectivity index (χ0n) is 12.6. The Bertz CT molecular complexity index is 631. The monoisotopic (exact) mass is 300 g/mol. The van der Waals surface area contributed by atoms with Gasteiger partial charge in [-0.05, 0) is 13.0 Å². The number of hydrogen-bond acceptors (Lipinski definition) is 4. The first-order valence-corrected chi connectivity index (χ1v) is 7.50. The Morgan fingerprint density at radius 3 is 2.91 bits per heavy atom. The van der Waals surface area contributed by atoms with Crippen molar-refractivity contribution in [3.05, 3.63) is 47.7 Å². The third-order valence-corrected chi connectivity index (χ3v) is 3.63. The van der Waals surface area contributed by atoms with Crippen molar-refractivity contribution in [2.24, 2.45) is 0 Å². The number of ether oxygens (including phenoxy) is 1. The van der Waals surface area contributed by atoms with Gasteiger partial charge in [-0.1, -0.05) is 30.3 Å². The van der Waals surface area contributed by atoms with Gasteiger partial charge in [0.25, 0.3) is 5.91 Å². The molecule has 1 amide bonds. The Morgan fingerprint density at radius 1 is 1.36 bits per heavy atom. The smallest absolute Gasteiger partial charge is 0.255 e. The number of rotatable bonds is 4. The summed E-state index contributed by atoms with van der Waals surface area (Å²) in [6, 6.07) is 11.4. The average molecular weight is 300 g/mol. The second kappa shape index (κ2) is 6.77. The van der Waals surface area contributed by atoms with Gasteiger partial charge in [-0.25, -0.2) is 0 Å². The van der Waals surface area contributed by atoms with Gasteiger partial charge in [-0.3, -0.25) is 4.79 Å². The predicted octanol–water partition coefficient (Wildman–Crippen LogP) is 1.97. The fourth-order valence-electron chi connectivity index (χ4n) is 2.54. The Labute approximate surface area is 129 Å². The minimum atomic E-state index is -0.134. The van der Waals surface area contributed by atoms with Crippen molar-refractivity contribution in [3.63, 3.8) is 0 Å². The summed E-state index contributed by atoms with van der Waals surface area (Å²) in [4.78, 5) is 12.4. The highest BCUT2D eigenvalue weighted by Gasteiger charge is 2.20. The van der Waals surface area contributed by atoms with E-state index in [1.807, 2.05) is 37.3 Å². The van der Waals surface area contributed by atoms with Crippen LogP contribution in [0.25, 0.3) is 11.3 Å². The highest BCUT2D eigenvalue weighted by molar-refractivity contribution is 5.99. The zero-order chi connectivity index (χ0) is 15.4. The molecule has 116 valence electrons. The number of hydrogen-bond donors (Lipinski definition) is 2. The van der Waals surface area contributed by atoms with Gasteiger partial charge in [0, 0.05) is 25.2 Å². The van der Waals surface area contributed by atoms with E-state index in [0.717, 1.165) is 24.4 Å². The number of carbonyl (C=O) groups is 1. The van der Waals surface area contributed by atoms with Crippen molar-refractivity contribution >= 4 is 5.91 Å². The quantitative estimate of drug-likeness (QED) is 0.906. The first-order chi connectivity index (χ1) is 10.7. The molecule has 1 atom stereocenters. The molecule has 1 aliphatic rings. The molecule has 0 unspecified atom stereocenters. The maximum absolute atomic E-state index is 12.4. The Balaban J connectivity index is 1.72. The van der Waals surface area contributed by atoms with Crippen molar-refractivity contribution in [2.75, 3.05) is 26.2 Å². The number of carbonyl (C=O) groups excluding carboxylic acids is 1. The van der Waals surface area contributed by atoms with Gasteiger partial charge in [-0.15, -0.1) is 0 Å². The van der Waals surface area contributed by atoms with Crippen LogP contribution >= 0.6 is 0 Å². The minimum absolute atomic E-state index is 0.0193. The minimum Gasteiger partial charge on any atom is -0.461 e. The van der Waals surface area contributed by atoms with E-state index in [4.69, 9.17) is 9.15 Å². The van der Waals surface area contributed by atoms with Crippen molar-refractivity contribution in [1.29, 1.82) is 0 Å². The molecule has 1 fully saturated rings. The molecular weight excluding hydrogens is 280 g/mol. The normalized spacial score (nSPS) is 18.1. The number of amides is 1. The molecule has 22 heavy (non-hydrogen) atoms. The maximum Gasteiger partial charge on any atom is 0.255 e. The van der Waals surface area contributed by atoms with Crippen LogP contribution in [0.2, 0.25) is 0 Å². The van der Waals surface area contributed by atoms with E-state index in [9.17, 15) is 4.79 Å². The van der Waals surface area contributed by atoms with Gasteiger partial charge in [-0.2, -0.15) is 0 Å². The topological polar surface area (TPSA) is 63.5 Å². The average Bonchev–Trinajstić information content (AvgIpc) is 2.96. The lowest BCUT2D eigenvalue weighted by molar-refractivity contribution is 0.0287. The summed E-state index contributed by atoms with van der Waals surface area (Å²) in [7, 11) is 0. The summed E-state index contributed by atoms with van der Waals surface area (Å²) < 4.78 is 11.3. The lowest BCUT2D eigenvalue weighted by atomic mass is 10.1. The molecule has 1 aromatic carbocycles. The van der Waals surface area contributed by atoms with E-state index in [1.165, 1.54) is 0 Å². The van der Waals surface area contributed by atoms with Gasteiger partial charge in [0.05, 0.1) is 18.3 Å². The molecule has 0 aliphatic carbocycles. The van der Waals surface area contributed by atoms with E-state index < -0.39 is 0 Å². The van der Waals surface area contributed by atoms with Gasteiger partial charge in [0.1, 0.15) is 11.5 Å². The fraction of sp³-hybridized carbons (Fsp3) is 0.353. The van der Waals surface area contributed by atoms with Crippen LogP contribution in [-0.2, 0) is 4.74 Å². The number of benzene rings is 1. The summed E-state index contributed by atoms with van der Waals surface area (Å²) >= 11 is 0. The standard InChI is InChI=1S/C17H20N2O3/c1-12-9-15(16(22-12)13-5-3-2-4-6-13)17(20)19-11-14-10-18-7-8-21-14/h2-6,9,14,18H,7-8,10-11H2,1H3,(H,19,20)/t14-/m1/s1. The third-order valence-electron chi connectivity index (χ3n) is 3.63. The van der Waals surface area contributed by atoms with Crippen LogP contribution in [0.3, 0.4) is 0 Å². The predicted molar refractivity (Wildman–Crippen MR) is 83.8 cm³/mol. The van der Waals surface area contributed by atoms with Gasteiger partial charge >= 0.3 is 0 Å². The molecule has 3 rings (SSSR count). The summed E-state index contributed by atoms with van der Waals surface area (Å²) in [5.41, 5.74) is 1.46. The highest BCUT2D eigenvalue weighted by atomic mass is 16.5. The zero-order valence-corrected chi connectivity index (χ0v) is 12.6. The SMILES string of the molecule is Cc1cc(C(=O)NC[C@H]2CNCCO2)c(-c2ccccc2)o1. The van der Waals surface area contributed by atoms with Crippen LogP contribution in [0.4, 0.5) is 0 Å². The molecule has 0 bridgehead atoms. The molecule has 5 heteroatoms. The Kier molecular flexibility index (Phi) is 4.56. The van der Waals surface area contributed by atoms with Gasteiger partial charge < -0.3 is 19.8 Å². The largest absolute Gasteiger partial charge is 0.461 e. The molecule has 0 radical (unpaired) electrons. The summed E-state index contributed by atoms with van der Waals surface area (Å²) in [6.45, 7) is 4.64. The molecule has 1 saturated heterocycles. The lowest BCUT2D eigenvalue weighted by Crippen LogP contribution is -2.45. The molecule has 2 aromatic rings. The van der Waals surface area contributed by atoms with E-state index >= 15 is 0 Å². The van der Waals surface area contributed by atoms with Crippen LogP contribution in [0, 0.1) is 6.92 Å². The molecular formula is C17H20N2O3. The van der Waals surface area contributed by atoms with Crippen molar-refractivity contribution in [3.8, 4) is 11.3 Å². The summed E-state index contributed by atoms with van der Waals surface area (Å²) in [5, 5.41) is 6.17. The molecule has 5 nitrogen and oxygen atoms in total. The lowest BCUT2D eigenvalue weighted by Gasteiger charge is -2.23.